The Labute approximate surface area is 188 Å². The van der Waals surface area contributed by atoms with Crippen molar-refractivity contribution in [2.75, 3.05) is 6.54 Å². The maximum Gasteiger partial charge on any atom is 0.273 e. The molecule has 4 rings (SSSR count). The van der Waals surface area contributed by atoms with Crippen LogP contribution in [0.2, 0.25) is 0 Å². The summed E-state index contributed by atoms with van der Waals surface area (Å²) >= 11 is 0. The summed E-state index contributed by atoms with van der Waals surface area (Å²) < 4.78 is 1.51. The molecule has 2 aromatic rings. The standard InChI is InChI=1S/C24H31N5O3/c1-4-28-22(31)20-13-19(21(30)25-14-17-10-6-5-9-16(17)2)27-29(20)15-24(28,3)23(32)26-18-11-7-8-12-18/h5-6,9-10,13,18H,4,7-8,11-12,14-15H2,1-3H3,(H,25,30)(H,26,32)/t24-/m1/s1. The van der Waals surface area contributed by atoms with E-state index in [1.807, 2.05) is 38.1 Å². The molecular weight excluding hydrogens is 406 g/mol. The number of amides is 3. The quantitative estimate of drug-likeness (QED) is 0.725. The number of benzene rings is 1. The number of carbonyl (C=O) groups is 3. The third-order valence-corrected chi connectivity index (χ3v) is 6.73. The van der Waals surface area contributed by atoms with Crippen molar-refractivity contribution in [3.05, 3.63) is 52.8 Å². The number of likely N-dealkylation sites (N-methyl/N-ethyl adjacent to an activating group) is 1. The van der Waals surface area contributed by atoms with E-state index in [9.17, 15) is 14.4 Å². The first-order chi connectivity index (χ1) is 15.3. The van der Waals surface area contributed by atoms with E-state index < -0.39 is 5.54 Å². The second-order valence-corrected chi connectivity index (χ2v) is 8.96. The summed E-state index contributed by atoms with van der Waals surface area (Å²) in [5.41, 5.74) is 1.57. The van der Waals surface area contributed by atoms with Crippen LogP contribution < -0.4 is 10.6 Å². The molecule has 1 saturated carbocycles. The number of fused-ring (bicyclic) bond motifs is 1. The fraction of sp³-hybridized carbons (Fsp3) is 0.500. The SMILES string of the molecule is CCN1C(=O)c2cc(C(=O)NCc3ccccc3C)nn2C[C@]1(C)C(=O)NC1CCCC1. The lowest BCUT2D eigenvalue weighted by atomic mass is 9.94. The molecule has 0 bridgehead atoms. The molecule has 1 aliphatic heterocycles. The molecule has 0 unspecified atom stereocenters. The van der Waals surface area contributed by atoms with E-state index >= 15 is 0 Å². The minimum absolute atomic E-state index is 0.161. The average Bonchev–Trinajstić information content (AvgIpc) is 3.43. The predicted molar refractivity (Wildman–Crippen MR) is 120 cm³/mol. The van der Waals surface area contributed by atoms with E-state index in [0.717, 1.165) is 36.8 Å². The smallest absolute Gasteiger partial charge is 0.273 e. The van der Waals surface area contributed by atoms with Crippen molar-refractivity contribution in [1.29, 1.82) is 0 Å². The van der Waals surface area contributed by atoms with E-state index in [1.165, 1.54) is 10.7 Å². The maximum absolute atomic E-state index is 13.2. The Balaban J connectivity index is 1.53. The zero-order valence-electron chi connectivity index (χ0n) is 19.0. The van der Waals surface area contributed by atoms with Gasteiger partial charge in [0.15, 0.2) is 5.69 Å². The van der Waals surface area contributed by atoms with Gasteiger partial charge in [-0.2, -0.15) is 5.10 Å². The van der Waals surface area contributed by atoms with Gasteiger partial charge >= 0.3 is 0 Å². The molecule has 0 radical (unpaired) electrons. The molecule has 8 nitrogen and oxygen atoms in total. The molecule has 32 heavy (non-hydrogen) atoms. The van der Waals surface area contributed by atoms with E-state index in [1.54, 1.807) is 11.8 Å². The van der Waals surface area contributed by atoms with Crippen LogP contribution in [0.25, 0.3) is 0 Å². The highest BCUT2D eigenvalue weighted by Gasteiger charge is 2.48. The van der Waals surface area contributed by atoms with Crippen LogP contribution in [0.4, 0.5) is 0 Å². The average molecular weight is 438 g/mol. The lowest BCUT2D eigenvalue weighted by molar-refractivity contribution is -0.133. The molecule has 0 spiro atoms. The second kappa shape index (κ2) is 8.76. The second-order valence-electron chi connectivity index (χ2n) is 8.96. The van der Waals surface area contributed by atoms with Gasteiger partial charge in [0, 0.05) is 25.2 Å². The number of rotatable bonds is 6. The number of carbonyl (C=O) groups excluding carboxylic acids is 3. The highest BCUT2D eigenvalue weighted by molar-refractivity contribution is 6.01. The van der Waals surface area contributed by atoms with Crippen molar-refractivity contribution in [1.82, 2.24) is 25.3 Å². The fourth-order valence-corrected chi connectivity index (χ4v) is 4.73. The first-order valence-electron chi connectivity index (χ1n) is 11.4. The van der Waals surface area contributed by atoms with Gasteiger partial charge in [0.2, 0.25) is 5.91 Å². The van der Waals surface area contributed by atoms with Crippen molar-refractivity contribution < 1.29 is 14.4 Å². The molecule has 2 aliphatic rings. The lowest BCUT2D eigenvalue weighted by Gasteiger charge is -2.43. The van der Waals surface area contributed by atoms with Crippen LogP contribution in [0.5, 0.6) is 0 Å². The first-order valence-corrected chi connectivity index (χ1v) is 11.4. The molecule has 1 fully saturated rings. The minimum atomic E-state index is -1.05. The lowest BCUT2D eigenvalue weighted by Crippen LogP contribution is -2.64. The monoisotopic (exact) mass is 437 g/mol. The Bertz CT molecular complexity index is 1040. The Morgan fingerprint density at radius 3 is 2.62 bits per heavy atom. The molecule has 1 atom stereocenters. The first kappa shape index (κ1) is 22.0. The topological polar surface area (TPSA) is 96.3 Å². The van der Waals surface area contributed by atoms with Crippen molar-refractivity contribution in [2.24, 2.45) is 0 Å². The van der Waals surface area contributed by atoms with Crippen LogP contribution in [0.3, 0.4) is 0 Å². The fourth-order valence-electron chi connectivity index (χ4n) is 4.73. The maximum atomic E-state index is 13.2. The Morgan fingerprint density at radius 1 is 1.22 bits per heavy atom. The number of aryl methyl sites for hydroxylation is 1. The molecular formula is C24H31N5O3. The van der Waals surface area contributed by atoms with Crippen LogP contribution in [-0.2, 0) is 17.9 Å². The van der Waals surface area contributed by atoms with Gasteiger partial charge < -0.3 is 15.5 Å². The summed E-state index contributed by atoms with van der Waals surface area (Å²) in [4.78, 5) is 40.8. The van der Waals surface area contributed by atoms with Crippen LogP contribution >= 0.6 is 0 Å². The molecule has 170 valence electrons. The van der Waals surface area contributed by atoms with E-state index in [0.29, 0.717) is 18.8 Å². The highest BCUT2D eigenvalue weighted by Crippen LogP contribution is 2.28. The Morgan fingerprint density at radius 2 is 1.94 bits per heavy atom. The van der Waals surface area contributed by atoms with Gasteiger partial charge in [-0.3, -0.25) is 19.1 Å². The summed E-state index contributed by atoms with van der Waals surface area (Å²) in [6.45, 7) is 6.62. The van der Waals surface area contributed by atoms with Crippen LogP contribution in [0.15, 0.2) is 30.3 Å². The Kier molecular flexibility index (Phi) is 6.04. The van der Waals surface area contributed by atoms with Crippen molar-refractivity contribution in [2.45, 2.75) is 71.1 Å². The number of aromatic nitrogens is 2. The number of nitrogens with one attached hydrogen (secondary N) is 2. The molecule has 1 aliphatic carbocycles. The third-order valence-electron chi connectivity index (χ3n) is 6.73. The molecule has 1 aromatic heterocycles. The number of hydrogen-bond acceptors (Lipinski definition) is 4. The van der Waals surface area contributed by atoms with Gasteiger partial charge in [0.25, 0.3) is 11.8 Å². The van der Waals surface area contributed by atoms with Gasteiger partial charge in [-0.25, -0.2) is 0 Å². The summed E-state index contributed by atoms with van der Waals surface area (Å²) in [5, 5.41) is 10.4. The normalized spacial score (nSPS) is 20.8. The van der Waals surface area contributed by atoms with Gasteiger partial charge in [-0.1, -0.05) is 37.1 Å². The minimum Gasteiger partial charge on any atom is -0.351 e. The zero-order chi connectivity index (χ0) is 22.9. The zero-order valence-corrected chi connectivity index (χ0v) is 19.0. The molecule has 3 amide bonds. The van der Waals surface area contributed by atoms with Gasteiger partial charge in [-0.15, -0.1) is 0 Å². The largest absolute Gasteiger partial charge is 0.351 e. The molecule has 1 aromatic carbocycles. The van der Waals surface area contributed by atoms with Crippen LogP contribution in [0.1, 0.15) is 71.6 Å². The molecule has 2 heterocycles. The van der Waals surface area contributed by atoms with Gasteiger partial charge in [0.1, 0.15) is 11.2 Å². The van der Waals surface area contributed by atoms with Crippen molar-refractivity contribution >= 4 is 17.7 Å². The van der Waals surface area contributed by atoms with Crippen LogP contribution in [-0.4, -0.2) is 50.5 Å². The van der Waals surface area contributed by atoms with Gasteiger partial charge in [0.05, 0.1) is 6.54 Å². The summed E-state index contributed by atoms with van der Waals surface area (Å²) in [6, 6.07) is 9.52. The molecule has 8 heteroatoms. The Hall–Kier alpha value is -3.16. The number of hydrogen-bond donors (Lipinski definition) is 2. The summed E-state index contributed by atoms with van der Waals surface area (Å²) in [6.07, 6.45) is 4.17. The van der Waals surface area contributed by atoms with E-state index in [4.69, 9.17) is 0 Å². The van der Waals surface area contributed by atoms with Crippen LogP contribution in [0, 0.1) is 6.92 Å². The van der Waals surface area contributed by atoms with Gasteiger partial charge in [-0.05, 0) is 44.7 Å². The highest BCUT2D eigenvalue weighted by atomic mass is 16.2. The van der Waals surface area contributed by atoms with E-state index in [-0.39, 0.29) is 36.0 Å². The summed E-state index contributed by atoms with van der Waals surface area (Å²) in [5.74, 6) is -0.789. The molecule has 0 saturated heterocycles. The summed E-state index contributed by atoms with van der Waals surface area (Å²) in [7, 11) is 0. The third kappa shape index (κ3) is 4.01. The van der Waals surface area contributed by atoms with Crippen molar-refractivity contribution in [3.8, 4) is 0 Å². The van der Waals surface area contributed by atoms with E-state index in [2.05, 4.69) is 15.7 Å². The van der Waals surface area contributed by atoms with Crippen molar-refractivity contribution in [3.63, 3.8) is 0 Å². The molecule has 2 N–H and O–H groups in total. The predicted octanol–water partition coefficient (Wildman–Crippen LogP) is 2.41. The number of nitrogens with zero attached hydrogens (tertiary/aromatic N) is 3.